The summed E-state index contributed by atoms with van der Waals surface area (Å²) in [4.78, 5) is 15.1. The lowest BCUT2D eigenvalue weighted by Crippen LogP contribution is -2.34. The largest absolute Gasteiger partial charge is 0.378 e. The summed E-state index contributed by atoms with van der Waals surface area (Å²) in [5, 5.41) is 20.3. The van der Waals surface area contributed by atoms with Gasteiger partial charge in [-0.3, -0.25) is 9.69 Å². The number of benzene rings is 1. The van der Waals surface area contributed by atoms with Crippen molar-refractivity contribution in [2.24, 2.45) is 5.10 Å². The summed E-state index contributed by atoms with van der Waals surface area (Å²) in [7, 11) is 2.01. The van der Waals surface area contributed by atoms with Crippen molar-refractivity contribution < 1.29 is 9.42 Å². The number of nitrogen functional groups attached to an aromatic ring is 1. The Labute approximate surface area is 199 Å². The number of aromatic nitrogens is 5. The van der Waals surface area contributed by atoms with E-state index in [1.165, 1.54) is 30.2 Å². The van der Waals surface area contributed by atoms with Gasteiger partial charge in [-0.1, -0.05) is 53.7 Å². The number of amides is 1. The number of nitrogens with one attached hydrogen (secondary N) is 1. The number of halogens is 2. The summed E-state index contributed by atoms with van der Waals surface area (Å²) in [5.74, 6) is -0.345. The fraction of sp³-hybridized carbons (Fsp3) is 0.400. The molecule has 1 amide bonds. The molecule has 0 bridgehead atoms. The lowest BCUT2D eigenvalue weighted by Gasteiger charge is -2.31. The van der Waals surface area contributed by atoms with Crippen LogP contribution in [0.1, 0.15) is 53.8 Å². The van der Waals surface area contributed by atoms with E-state index in [1.54, 1.807) is 18.2 Å². The van der Waals surface area contributed by atoms with Crippen LogP contribution in [0.15, 0.2) is 27.9 Å². The monoisotopic (exact) mass is 491 g/mol. The maximum absolute atomic E-state index is 12.9. The Morgan fingerprint density at radius 2 is 2.03 bits per heavy atom. The second kappa shape index (κ2) is 10.3. The first-order valence-electron chi connectivity index (χ1n) is 10.5. The quantitative estimate of drug-likeness (QED) is 0.379. The molecule has 0 radical (unpaired) electrons. The smallest absolute Gasteiger partial charge is 0.293 e. The molecule has 1 fully saturated rings. The molecule has 0 aliphatic heterocycles. The number of hydrogen-bond donors (Lipinski definition) is 2. The first-order valence-corrected chi connectivity index (χ1v) is 11.2. The fourth-order valence-corrected chi connectivity index (χ4v) is 4.35. The van der Waals surface area contributed by atoms with Crippen LogP contribution in [0.5, 0.6) is 0 Å². The van der Waals surface area contributed by atoms with Gasteiger partial charge in [-0.05, 0) is 42.3 Å². The average molecular weight is 492 g/mol. The minimum atomic E-state index is -0.553. The molecule has 0 spiro atoms. The van der Waals surface area contributed by atoms with Crippen molar-refractivity contribution >= 4 is 41.1 Å². The molecule has 4 rings (SSSR count). The highest BCUT2D eigenvalue weighted by atomic mass is 35.5. The molecular weight excluding hydrogens is 469 g/mol. The molecule has 0 unspecified atom stereocenters. The van der Waals surface area contributed by atoms with E-state index in [9.17, 15) is 4.79 Å². The third kappa shape index (κ3) is 5.15. The molecule has 1 saturated carbocycles. The third-order valence-electron chi connectivity index (χ3n) is 5.63. The first kappa shape index (κ1) is 23.1. The molecule has 3 aromatic rings. The zero-order valence-corrected chi connectivity index (χ0v) is 19.4. The van der Waals surface area contributed by atoms with E-state index >= 15 is 0 Å². The fourth-order valence-electron chi connectivity index (χ4n) is 3.86. The summed E-state index contributed by atoms with van der Waals surface area (Å²) < 4.78 is 6.08. The molecule has 33 heavy (non-hydrogen) atoms. The van der Waals surface area contributed by atoms with Crippen LogP contribution >= 0.6 is 23.2 Å². The van der Waals surface area contributed by atoms with Crippen LogP contribution in [0.25, 0.3) is 5.82 Å². The van der Waals surface area contributed by atoms with Crippen LogP contribution in [-0.2, 0) is 6.54 Å². The minimum Gasteiger partial charge on any atom is -0.378 e. The third-order valence-corrected chi connectivity index (χ3v) is 6.29. The maximum atomic E-state index is 12.9. The van der Waals surface area contributed by atoms with Crippen LogP contribution in [0.2, 0.25) is 10.0 Å². The van der Waals surface area contributed by atoms with Crippen molar-refractivity contribution in [2.75, 3.05) is 12.8 Å². The number of rotatable bonds is 7. The highest BCUT2D eigenvalue weighted by Gasteiger charge is 2.27. The zero-order chi connectivity index (χ0) is 23.4. The van der Waals surface area contributed by atoms with Crippen LogP contribution in [0, 0.1) is 0 Å². The molecule has 3 N–H and O–H groups in total. The zero-order valence-electron chi connectivity index (χ0n) is 17.9. The molecule has 13 heteroatoms. The molecule has 174 valence electrons. The van der Waals surface area contributed by atoms with E-state index in [0.717, 1.165) is 12.8 Å². The van der Waals surface area contributed by atoms with Crippen molar-refractivity contribution in [3.63, 3.8) is 0 Å². The van der Waals surface area contributed by atoms with Gasteiger partial charge in [0.05, 0.1) is 22.0 Å². The summed E-state index contributed by atoms with van der Waals surface area (Å²) in [6.07, 6.45) is 7.16. The van der Waals surface area contributed by atoms with Gasteiger partial charge in [-0.25, -0.2) is 10.1 Å². The number of carbonyl (C=O) groups excluding carboxylic acids is 1. The number of anilines is 1. The Kier molecular flexibility index (Phi) is 7.21. The van der Waals surface area contributed by atoms with Crippen molar-refractivity contribution in [3.05, 3.63) is 45.2 Å². The summed E-state index contributed by atoms with van der Waals surface area (Å²) in [6, 6.07) is 5.47. The Balaban J connectivity index is 1.59. The van der Waals surface area contributed by atoms with Gasteiger partial charge in [0.25, 0.3) is 5.91 Å². The minimum absolute atomic E-state index is 0.0415. The lowest BCUT2D eigenvalue weighted by molar-refractivity contribution is 0.0947. The van der Waals surface area contributed by atoms with Crippen molar-refractivity contribution in [3.8, 4) is 5.82 Å². The Morgan fingerprint density at radius 1 is 1.30 bits per heavy atom. The second-order valence-electron chi connectivity index (χ2n) is 7.81. The molecule has 2 aromatic heterocycles. The van der Waals surface area contributed by atoms with E-state index in [-0.39, 0.29) is 17.3 Å². The predicted octanol–water partition coefficient (Wildman–Crippen LogP) is 3.07. The molecule has 1 aliphatic carbocycles. The number of hydrogen-bond acceptors (Lipinski definition) is 9. The standard InChI is InChI=1S/C20H23Cl2N9O2/c1-30(12-6-3-2-4-7-12)11-16-17(25-29-31(16)19-18(23)27-33-28-19)20(32)26-24-10-13-14(21)8-5-9-15(13)22/h5,8-10,12H,2-4,6-7,11H2,1H3,(H2,23,27)(H,26,32)/b24-10+. The van der Waals surface area contributed by atoms with Crippen LogP contribution < -0.4 is 11.2 Å². The number of nitrogens with zero attached hydrogens (tertiary/aromatic N) is 7. The Hall–Kier alpha value is -3.02. The van der Waals surface area contributed by atoms with Gasteiger partial charge in [0, 0.05) is 18.2 Å². The molecule has 1 aliphatic rings. The molecule has 0 atom stereocenters. The van der Waals surface area contributed by atoms with Gasteiger partial charge in [-0.15, -0.1) is 5.10 Å². The second-order valence-corrected chi connectivity index (χ2v) is 8.63. The van der Waals surface area contributed by atoms with Gasteiger partial charge < -0.3 is 5.73 Å². The van der Waals surface area contributed by atoms with Crippen molar-refractivity contribution in [1.29, 1.82) is 0 Å². The summed E-state index contributed by atoms with van der Waals surface area (Å²) in [5.41, 5.74) is 9.38. The van der Waals surface area contributed by atoms with Crippen molar-refractivity contribution in [2.45, 2.75) is 44.7 Å². The van der Waals surface area contributed by atoms with E-state index in [4.69, 9.17) is 33.6 Å². The van der Waals surface area contributed by atoms with Gasteiger partial charge in [0.2, 0.25) is 11.6 Å². The van der Waals surface area contributed by atoms with Crippen LogP contribution in [0.3, 0.4) is 0 Å². The van der Waals surface area contributed by atoms with E-state index in [2.05, 4.69) is 36.1 Å². The van der Waals surface area contributed by atoms with E-state index in [1.807, 2.05) is 7.05 Å². The Morgan fingerprint density at radius 3 is 2.70 bits per heavy atom. The number of carbonyl (C=O) groups is 1. The van der Waals surface area contributed by atoms with Gasteiger partial charge in [0.1, 0.15) is 0 Å². The molecule has 1 aromatic carbocycles. The maximum Gasteiger partial charge on any atom is 0.293 e. The van der Waals surface area contributed by atoms with E-state index in [0.29, 0.717) is 33.9 Å². The Bertz CT molecular complexity index is 1130. The predicted molar refractivity (Wildman–Crippen MR) is 123 cm³/mol. The highest BCUT2D eigenvalue weighted by molar-refractivity contribution is 6.38. The topological polar surface area (TPSA) is 140 Å². The summed E-state index contributed by atoms with van der Waals surface area (Å²) in [6.45, 7) is 0.396. The van der Waals surface area contributed by atoms with Gasteiger partial charge in [0.15, 0.2) is 5.69 Å². The van der Waals surface area contributed by atoms with Crippen molar-refractivity contribution in [1.82, 2.24) is 35.6 Å². The molecule has 0 saturated heterocycles. The summed E-state index contributed by atoms with van der Waals surface area (Å²) >= 11 is 12.3. The molecular formula is C20H23Cl2N9O2. The number of hydrazone groups is 1. The van der Waals surface area contributed by atoms with Gasteiger partial charge >= 0.3 is 0 Å². The first-order chi connectivity index (χ1) is 16.0. The highest BCUT2D eigenvalue weighted by Crippen LogP contribution is 2.25. The van der Waals surface area contributed by atoms with Crippen LogP contribution in [-0.4, -0.2) is 55.4 Å². The van der Waals surface area contributed by atoms with E-state index < -0.39 is 5.91 Å². The van der Waals surface area contributed by atoms with Gasteiger partial charge in [-0.2, -0.15) is 9.78 Å². The normalized spacial score (nSPS) is 14.9. The molecule has 2 heterocycles. The number of nitrogens with two attached hydrogens (primary N) is 1. The molecule has 11 nitrogen and oxygen atoms in total. The lowest BCUT2D eigenvalue weighted by atomic mass is 9.94. The average Bonchev–Trinajstić information content (AvgIpc) is 3.42. The SMILES string of the molecule is CN(Cc1c(C(=O)N/N=C/c2c(Cl)cccc2Cl)nnn1-c1nonc1N)C1CCCCC1. The van der Waals surface area contributed by atoms with Crippen LogP contribution in [0.4, 0.5) is 5.82 Å².